The molecule has 3 aromatic carbocycles. The van der Waals surface area contributed by atoms with Gasteiger partial charge in [0.1, 0.15) is 0 Å². The summed E-state index contributed by atoms with van der Waals surface area (Å²) < 4.78 is 1.99. The minimum Gasteiger partial charge on any atom is -0.399 e. The predicted molar refractivity (Wildman–Crippen MR) is 139 cm³/mol. The number of nitrogens with two attached hydrogens (primary N) is 2. The van der Waals surface area contributed by atoms with Crippen molar-refractivity contribution in [2.75, 3.05) is 20.3 Å². The molecule has 0 bridgehead atoms. The van der Waals surface area contributed by atoms with Gasteiger partial charge in [0.15, 0.2) is 0 Å². The Kier molecular flexibility index (Phi) is 6.59. The molecule has 2 atom stereocenters. The van der Waals surface area contributed by atoms with Crippen LogP contribution in [0.1, 0.15) is 36.1 Å². The van der Waals surface area contributed by atoms with Gasteiger partial charge in [0.25, 0.3) is 0 Å². The van der Waals surface area contributed by atoms with Crippen molar-refractivity contribution in [3.8, 4) is 0 Å². The van der Waals surface area contributed by atoms with Crippen LogP contribution in [0, 0.1) is 0 Å². The number of nitrogen functional groups attached to an aromatic ring is 2. The first-order chi connectivity index (χ1) is 13.3. The molecule has 3 aromatic rings. The Hall–Kier alpha value is -1.28. The molecule has 0 saturated heterocycles. The molecule has 146 valence electrons. The monoisotopic (exact) mass is 596 g/mol. The molecule has 0 fully saturated rings. The fraction of sp³-hybridized carbons (Fsp3) is 0.250. The largest absolute Gasteiger partial charge is 0.399 e. The van der Waals surface area contributed by atoms with Gasteiger partial charge in [-0.2, -0.15) is 0 Å². The van der Waals surface area contributed by atoms with E-state index >= 15 is 0 Å². The number of hydrogen-bond acceptors (Lipinski definition) is 2. The average molecular weight is 596 g/mol. The van der Waals surface area contributed by atoms with Crippen LogP contribution >= 0.6 is 45.2 Å². The second-order valence-corrected chi connectivity index (χ2v) is 9.28. The fourth-order valence-electron chi connectivity index (χ4n) is 3.55. The van der Waals surface area contributed by atoms with Crippen LogP contribution in [0.4, 0.5) is 11.4 Å². The maximum absolute atomic E-state index is 5.89. The van der Waals surface area contributed by atoms with Gasteiger partial charge in [-0.15, -0.1) is 0 Å². The molecule has 2 unspecified atom stereocenters. The SMILES string of the molecule is CC(CI)(c1ccc(N)cc1)c1ccc(C(C)(CI)c2ccc(N)cc2)cc1. The number of alkyl halides is 2. The fourth-order valence-corrected chi connectivity index (χ4v) is 5.31. The molecule has 2 nitrogen and oxygen atoms in total. The van der Waals surface area contributed by atoms with Gasteiger partial charge in [0.2, 0.25) is 0 Å². The molecule has 0 aliphatic heterocycles. The molecule has 0 heterocycles. The van der Waals surface area contributed by atoms with Crippen molar-refractivity contribution in [3.05, 3.63) is 95.1 Å². The Morgan fingerprint density at radius 2 is 0.750 bits per heavy atom. The van der Waals surface area contributed by atoms with E-state index < -0.39 is 0 Å². The summed E-state index contributed by atoms with van der Waals surface area (Å²) in [6, 6.07) is 25.7. The predicted octanol–water partition coefficient (Wildman–Crippen LogP) is 6.33. The summed E-state index contributed by atoms with van der Waals surface area (Å²) in [5.74, 6) is 0. The quantitative estimate of drug-likeness (QED) is 0.199. The molecule has 0 spiro atoms. The summed E-state index contributed by atoms with van der Waals surface area (Å²) in [7, 11) is 0. The van der Waals surface area contributed by atoms with Crippen LogP contribution in [0.15, 0.2) is 72.8 Å². The summed E-state index contributed by atoms with van der Waals surface area (Å²) in [6.45, 7) is 4.61. The summed E-state index contributed by atoms with van der Waals surface area (Å²) in [5, 5.41) is 0. The van der Waals surface area contributed by atoms with E-state index in [1.165, 1.54) is 22.3 Å². The molecule has 28 heavy (non-hydrogen) atoms. The lowest BCUT2D eigenvalue weighted by molar-refractivity contribution is 0.649. The highest BCUT2D eigenvalue weighted by atomic mass is 127. The number of benzene rings is 3. The summed E-state index contributed by atoms with van der Waals surface area (Å²) in [6.07, 6.45) is 0. The molecule has 0 aliphatic rings. The Balaban J connectivity index is 1.99. The minimum absolute atomic E-state index is 0.0469. The third-order valence-electron chi connectivity index (χ3n) is 5.79. The van der Waals surface area contributed by atoms with Crippen LogP contribution in [0.5, 0.6) is 0 Å². The second-order valence-electron chi connectivity index (χ2n) is 7.75. The first-order valence-electron chi connectivity index (χ1n) is 9.28. The standard InChI is InChI=1S/C24H26I2N2/c1-23(15-25,19-7-11-21(27)12-8-19)17-3-5-18(6-4-17)24(2,16-26)20-9-13-22(28)14-10-20/h3-14H,15-16,27-28H2,1-2H3. The normalized spacial score (nSPS) is 15.6. The van der Waals surface area contributed by atoms with Crippen LogP contribution in [-0.4, -0.2) is 8.86 Å². The van der Waals surface area contributed by atoms with Gasteiger partial charge in [0, 0.05) is 31.1 Å². The van der Waals surface area contributed by atoms with Crippen molar-refractivity contribution in [1.29, 1.82) is 0 Å². The van der Waals surface area contributed by atoms with Crippen LogP contribution < -0.4 is 11.5 Å². The molecular weight excluding hydrogens is 570 g/mol. The van der Waals surface area contributed by atoms with Crippen molar-refractivity contribution >= 4 is 56.6 Å². The topological polar surface area (TPSA) is 52.0 Å². The lowest BCUT2D eigenvalue weighted by atomic mass is 9.74. The molecular formula is C24H26I2N2. The lowest BCUT2D eigenvalue weighted by Crippen LogP contribution is -2.27. The van der Waals surface area contributed by atoms with E-state index in [4.69, 9.17) is 11.5 Å². The molecule has 0 aromatic heterocycles. The van der Waals surface area contributed by atoms with E-state index in [0.717, 1.165) is 20.2 Å². The van der Waals surface area contributed by atoms with E-state index in [9.17, 15) is 0 Å². The summed E-state index contributed by atoms with van der Waals surface area (Å²) >= 11 is 4.96. The minimum atomic E-state index is -0.0469. The van der Waals surface area contributed by atoms with Gasteiger partial charge in [0.05, 0.1) is 0 Å². The molecule has 0 amide bonds. The Labute approximate surface area is 195 Å². The zero-order valence-electron chi connectivity index (χ0n) is 16.3. The highest BCUT2D eigenvalue weighted by Crippen LogP contribution is 2.38. The van der Waals surface area contributed by atoms with Crippen molar-refractivity contribution < 1.29 is 0 Å². The number of hydrogen-bond donors (Lipinski definition) is 2. The number of rotatable bonds is 6. The van der Waals surface area contributed by atoms with Gasteiger partial charge in [-0.25, -0.2) is 0 Å². The first kappa shape index (κ1) is 21.4. The van der Waals surface area contributed by atoms with Crippen LogP contribution in [-0.2, 0) is 10.8 Å². The van der Waals surface area contributed by atoms with E-state index in [-0.39, 0.29) is 10.8 Å². The highest BCUT2D eigenvalue weighted by Gasteiger charge is 2.31. The maximum Gasteiger partial charge on any atom is 0.0314 e. The van der Waals surface area contributed by atoms with E-state index in [1.807, 2.05) is 24.3 Å². The zero-order chi connectivity index (χ0) is 20.4. The zero-order valence-corrected chi connectivity index (χ0v) is 20.6. The number of anilines is 2. The lowest BCUT2D eigenvalue weighted by Gasteiger charge is -2.32. The molecule has 0 aliphatic carbocycles. The number of halogens is 2. The Morgan fingerprint density at radius 1 is 0.536 bits per heavy atom. The third-order valence-corrected chi connectivity index (χ3v) is 8.84. The van der Waals surface area contributed by atoms with Gasteiger partial charge in [-0.05, 0) is 46.5 Å². The van der Waals surface area contributed by atoms with Gasteiger partial charge in [-0.1, -0.05) is 108 Å². The van der Waals surface area contributed by atoms with Gasteiger partial charge in [-0.3, -0.25) is 0 Å². The van der Waals surface area contributed by atoms with E-state index in [1.54, 1.807) is 0 Å². The van der Waals surface area contributed by atoms with Crippen LogP contribution in [0.2, 0.25) is 0 Å². The average Bonchev–Trinajstić information content (AvgIpc) is 2.73. The summed E-state index contributed by atoms with van der Waals surface area (Å²) in [5.41, 5.74) is 18.5. The smallest absolute Gasteiger partial charge is 0.0314 e. The highest BCUT2D eigenvalue weighted by molar-refractivity contribution is 14.1. The maximum atomic E-state index is 5.89. The Bertz CT molecular complexity index is 842. The van der Waals surface area contributed by atoms with Crippen molar-refractivity contribution in [1.82, 2.24) is 0 Å². The first-order valence-corrected chi connectivity index (χ1v) is 12.3. The third kappa shape index (κ3) is 4.03. The second kappa shape index (κ2) is 8.61. The van der Waals surface area contributed by atoms with Gasteiger partial charge >= 0.3 is 0 Å². The van der Waals surface area contributed by atoms with Crippen LogP contribution in [0.25, 0.3) is 0 Å². The van der Waals surface area contributed by atoms with Crippen molar-refractivity contribution in [2.24, 2.45) is 0 Å². The molecule has 4 heteroatoms. The molecule has 0 saturated carbocycles. The van der Waals surface area contributed by atoms with Crippen molar-refractivity contribution in [2.45, 2.75) is 24.7 Å². The molecule has 3 rings (SSSR count). The Morgan fingerprint density at radius 3 is 0.964 bits per heavy atom. The van der Waals surface area contributed by atoms with Crippen LogP contribution in [0.3, 0.4) is 0 Å². The van der Waals surface area contributed by atoms with Crippen molar-refractivity contribution in [3.63, 3.8) is 0 Å². The van der Waals surface area contributed by atoms with E-state index in [0.29, 0.717) is 0 Å². The van der Waals surface area contributed by atoms with Gasteiger partial charge < -0.3 is 11.5 Å². The molecule has 4 N–H and O–H groups in total. The molecule has 0 radical (unpaired) electrons. The summed E-state index contributed by atoms with van der Waals surface area (Å²) in [4.78, 5) is 0. The van der Waals surface area contributed by atoms with E-state index in [2.05, 4.69) is 108 Å².